The van der Waals surface area contributed by atoms with Crippen molar-refractivity contribution in [3.63, 3.8) is 0 Å². The van der Waals surface area contributed by atoms with Crippen LogP contribution in [0.15, 0.2) is 62.7 Å². The van der Waals surface area contributed by atoms with Gasteiger partial charge >= 0.3 is 0 Å². The predicted molar refractivity (Wildman–Crippen MR) is 99.2 cm³/mol. The number of hydrogen-bond acceptors (Lipinski definition) is 6. The molecule has 0 radical (unpaired) electrons. The molecule has 26 heavy (non-hydrogen) atoms. The molecule has 1 atom stereocenters. The summed E-state index contributed by atoms with van der Waals surface area (Å²) in [5.74, 6) is 0.613. The normalized spacial score (nSPS) is 14.1. The summed E-state index contributed by atoms with van der Waals surface area (Å²) in [5, 5.41) is 14.8. The monoisotopic (exact) mass is 413 g/mol. The Balaban J connectivity index is 1.88. The summed E-state index contributed by atoms with van der Waals surface area (Å²) in [6.45, 7) is -0.302. The van der Waals surface area contributed by atoms with Crippen molar-refractivity contribution < 1.29 is 22.7 Å². The molecule has 138 valence electrons. The van der Waals surface area contributed by atoms with Gasteiger partial charge in [0.15, 0.2) is 5.60 Å². The Morgan fingerprint density at radius 2 is 2.15 bits per heavy atom. The molecule has 0 saturated heterocycles. The molecule has 0 aliphatic rings. The van der Waals surface area contributed by atoms with Gasteiger partial charge in [0.1, 0.15) is 11.5 Å². The minimum atomic E-state index is -3.91. The number of aliphatic hydroxyl groups is 1. The van der Waals surface area contributed by atoms with Crippen molar-refractivity contribution in [2.75, 3.05) is 13.7 Å². The van der Waals surface area contributed by atoms with E-state index >= 15 is 0 Å². The molecule has 9 heteroatoms. The van der Waals surface area contributed by atoms with Crippen molar-refractivity contribution >= 4 is 33.0 Å². The fraction of sp³-hybridized carbons (Fsp3) is 0.176. The van der Waals surface area contributed by atoms with Crippen molar-refractivity contribution in [1.82, 2.24) is 4.72 Å². The zero-order valence-electron chi connectivity index (χ0n) is 13.7. The SMILES string of the molecule is COc1ccc(S(=O)(=O)NC[C@](O)(c2ccsc2)c2ccco2)cc1Cl. The quantitative estimate of drug-likeness (QED) is 0.620. The van der Waals surface area contributed by atoms with E-state index < -0.39 is 15.6 Å². The Morgan fingerprint density at radius 3 is 2.73 bits per heavy atom. The van der Waals surface area contributed by atoms with E-state index in [0.29, 0.717) is 11.3 Å². The van der Waals surface area contributed by atoms with Crippen LogP contribution in [-0.2, 0) is 15.6 Å². The molecule has 3 rings (SSSR count). The van der Waals surface area contributed by atoms with Crippen LogP contribution in [0.1, 0.15) is 11.3 Å². The first-order valence-electron chi connectivity index (χ1n) is 7.49. The van der Waals surface area contributed by atoms with Crippen LogP contribution in [0.2, 0.25) is 5.02 Å². The lowest BCUT2D eigenvalue weighted by atomic mass is 9.94. The second-order valence-electron chi connectivity index (χ2n) is 5.47. The number of benzene rings is 1. The van der Waals surface area contributed by atoms with Gasteiger partial charge in [-0.3, -0.25) is 0 Å². The number of thiophene rings is 1. The Labute approximate surface area is 160 Å². The van der Waals surface area contributed by atoms with Crippen LogP contribution < -0.4 is 9.46 Å². The summed E-state index contributed by atoms with van der Waals surface area (Å²) in [6.07, 6.45) is 1.42. The Bertz CT molecular complexity index is 935. The van der Waals surface area contributed by atoms with Gasteiger partial charge in [0.05, 0.1) is 29.8 Å². The molecule has 2 heterocycles. The van der Waals surface area contributed by atoms with Gasteiger partial charge in [-0.25, -0.2) is 13.1 Å². The van der Waals surface area contributed by atoms with Crippen LogP contribution in [0, 0.1) is 0 Å². The molecule has 0 aliphatic carbocycles. The van der Waals surface area contributed by atoms with E-state index in [1.54, 1.807) is 29.0 Å². The first-order chi connectivity index (χ1) is 12.4. The molecule has 0 bridgehead atoms. The summed E-state index contributed by atoms with van der Waals surface area (Å²) < 4.78 is 38.0. The predicted octanol–water partition coefficient (Wildman–Crippen LogP) is 3.22. The zero-order valence-corrected chi connectivity index (χ0v) is 16.1. The summed E-state index contributed by atoms with van der Waals surface area (Å²) in [6, 6.07) is 9.07. The molecular weight excluding hydrogens is 398 g/mol. The van der Waals surface area contributed by atoms with Gasteiger partial charge in [-0.05, 0) is 47.2 Å². The lowest BCUT2D eigenvalue weighted by Crippen LogP contribution is -2.41. The number of rotatable bonds is 7. The number of nitrogens with one attached hydrogen (secondary N) is 1. The van der Waals surface area contributed by atoms with E-state index in [1.807, 2.05) is 0 Å². The maximum absolute atomic E-state index is 12.6. The van der Waals surface area contributed by atoms with Crippen LogP contribution in [0.4, 0.5) is 0 Å². The third kappa shape index (κ3) is 3.65. The lowest BCUT2D eigenvalue weighted by molar-refractivity contribution is 0.0623. The molecule has 0 spiro atoms. The first-order valence-corrected chi connectivity index (χ1v) is 10.3. The average molecular weight is 414 g/mol. The van der Waals surface area contributed by atoms with Crippen molar-refractivity contribution in [3.05, 3.63) is 69.8 Å². The van der Waals surface area contributed by atoms with E-state index in [9.17, 15) is 13.5 Å². The highest BCUT2D eigenvalue weighted by Gasteiger charge is 2.36. The number of ether oxygens (including phenoxy) is 1. The van der Waals surface area contributed by atoms with E-state index in [4.69, 9.17) is 20.8 Å². The molecule has 2 N–H and O–H groups in total. The molecule has 3 aromatic rings. The molecular formula is C17H16ClNO5S2. The van der Waals surface area contributed by atoms with E-state index in [1.165, 1.54) is 42.9 Å². The Kier molecular flexibility index (Phi) is 5.40. The number of sulfonamides is 1. The molecule has 0 amide bonds. The number of halogens is 1. The largest absolute Gasteiger partial charge is 0.495 e. The Morgan fingerprint density at radius 1 is 1.35 bits per heavy atom. The molecule has 0 aliphatic heterocycles. The van der Waals surface area contributed by atoms with E-state index in [0.717, 1.165) is 0 Å². The number of furan rings is 1. The summed E-state index contributed by atoms with van der Waals surface area (Å²) in [4.78, 5) is -0.0320. The molecule has 0 unspecified atom stereocenters. The van der Waals surface area contributed by atoms with Gasteiger partial charge in [0.25, 0.3) is 0 Å². The van der Waals surface area contributed by atoms with Gasteiger partial charge in [-0.15, -0.1) is 0 Å². The fourth-order valence-corrected chi connectivity index (χ4v) is 4.57. The second-order valence-corrected chi connectivity index (χ2v) is 8.42. The maximum atomic E-state index is 12.6. The minimum absolute atomic E-state index is 0.0320. The van der Waals surface area contributed by atoms with Crippen molar-refractivity contribution in [2.45, 2.75) is 10.5 Å². The summed E-state index contributed by atoms with van der Waals surface area (Å²) in [5.41, 5.74) is -1.10. The summed E-state index contributed by atoms with van der Waals surface area (Å²) in [7, 11) is -2.47. The van der Waals surface area contributed by atoms with Crippen LogP contribution in [-0.4, -0.2) is 27.2 Å². The minimum Gasteiger partial charge on any atom is -0.495 e. The lowest BCUT2D eigenvalue weighted by Gasteiger charge is -2.25. The number of hydrogen-bond donors (Lipinski definition) is 2. The maximum Gasteiger partial charge on any atom is 0.240 e. The Hall–Kier alpha value is -1.84. The van der Waals surface area contributed by atoms with E-state index in [2.05, 4.69) is 4.72 Å². The van der Waals surface area contributed by atoms with Gasteiger partial charge in [0, 0.05) is 5.56 Å². The first kappa shape index (κ1) is 18.9. The highest BCUT2D eigenvalue weighted by atomic mass is 35.5. The van der Waals surface area contributed by atoms with Gasteiger partial charge < -0.3 is 14.3 Å². The third-order valence-corrected chi connectivity index (χ3v) is 6.26. The van der Waals surface area contributed by atoms with Crippen LogP contribution in [0.5, 0.6) is 5.75 Å². The van der Waals surface area contributed by atoms with Gasteiger partial charge in [-0.2, -0.15) is 11.3 Å². The third-order valence-electron chi connectivity index (χ3n) is 3.88. The smallest absolute Gasteiger partial charge is 0.240 e. The van der Waals surface area contributed by atoms with Crippen molar-refractivity contribution in [1.29, 1.82) is 0 Å². The highest BCUT2D eigenvalue weighted by molar-refractivity contribution is 7.89. The summed E-state index contributed by atoms with van der Waals surface area (Å²) >= 11 is 7.40. The topological polar surface area (TPSA) is 88.8 Å². The van der Waals surface area contributed by atoms with Crippen LogP contribution in [0.25, 0.3) is 0 Å². The second kappa shape index (κ2) is 7.42. The number of methoxy groups -OCH3 is 1. The standard InChI is InChI=1S/C17H16ClNO5S2/c1-23-15-5-4-13(9-14(15)18)26(21,22)19-11-17(20,12-6-8-25-10-12)16-3-2-7-24-16/h2-10,19-20H,11H2,1H3/t17-/m0/s1. The van der Waals surface area contributed by atoms with Crippen LogP contribution in [0.3, 0.4) is 0 Å². The van der Waals surface area contributed by atoms with Crippen molar-refractivity contribution in [2.24, 2.45) is 0 Å². The van der Waals surface area contributed by atoms with Crippen molar-refractivity contribution in [3.8, 4) is 5.75 Å². The molecule has 1 aromatic carbocycles. The van der Waals surface area contributed by atoms with Gasteiger partial charge in [0.2, 0.25) is 10.0 Å². The fourth-order valence-electron chi connectivity index (χ4n) is 2.44. The highest BCUT2D eigenvalue weighted by Crippen LogP contribution is 2.32. The molecule has 0 saturated carbocycles. The van der Waals surface area contributed by atoms with Crippen LogP contribution >= 0.6 is 22.9 Å². The average Bonchev–Trinajstić information content (AvgIpc) is 3.33. The van der Waals surface area contributed by atoms with E-state index in [-0.39, 0.29) is 22.2 Å². The zero-order chi connectivity index (χ0) is 18.8. The molecule has 6 nitrogen and oxygen atoms in total. The van der Waals surface area contributed by atoms with Gasteiger partial charge in [-0.1, -0.05) is 11.6 Å². The molecule has 0 fully saturated rings. The molecule has 2 aromatic heterocycles.